The van der Waals surface area contributed by atoms with Crippen LogP contribution in [0.1, 0.15) is 53.4 Å². The molecule has 5 rings (SSSR count). The first-order valence-corrected chi connectivity index (χ1v) is 13.7. The van der Waals surface area contributed by atoms with Gasteiger partial charge < -0.3 is 33.9 Å². The Hall–Kier alpha value is -2.04. The first-order chi connectivity index (χ1) is 18.0. The van der Waals surface area contributed by atoms with Gasteiger partial charge >= 0.3 is 11.9 Å². The minimum Gasteiger partial charge on any atom is -0.463 e. The first-order valence-electron chi connectivity index (χ1n) is 13.7. The molecule has 2 unspecified atom stereocenters. The molecule has 0 aromatic rings. The van der Waals surface area contributed by atoms with E-state index in [2.05, 4.69) is 19.9 Å². The number of carbonyl (C=O) groups is 2. The second-order valence-electron chi connectivity index (χ2n) is 11.9. The normalized spacial score (nSPS) is 47.2. The summed E-state index contributed by atoms with van der Waals surface area (Å²) in [6.45, 7) is 8.27. The predicted octanol–water partition coefficient (Wildman–Crippen LogP) is 2.39. The largest absolute Gasteiger partial charge is 0.463 e. The number of aliphatic hydroxyl groups is 2. The molecule has 0 aromatic heterocycles. The Labute approximate surface area is 223 Å². The molecule has 10 atom stereocenters. The molecule has 2 saturated heterocycles. The molecule has 2 spiro atoms. The molecule has 0 radical (unpaired) electrons. The summed E-state index contributed by atoms with van der Waals surface area (Å²) in [7, 11) is 0. The number of allylic oxidation sites excluding steroid dienone is 3. The summed E-state index contributed by atoms with van der Waals surface area (Å²) in [6.07, 6.45) is 6.89. The fraction of sp³-hybridized carbons (Fsp3) is 0.724. The Morgan fingerprint density at radius 2 is 1.92 bits per heavy atom. The van der Waals surface area contributed by atoms with Crippen molar-refractivity contribution < 1.29 is 43.5 Å². The molecular weight excluding hydrogens is 492 g/mol. The molecule has 38 heavy (non-hydrogen) atoms. The summed E-state index contributed by atoms with van der Waals surface area (Å²) in [5.74, 6) is -1.60. The summed E-state index contributed by atoms with van der Waals surface area (Å²) in [5.41, 5.74) is -0.771. The van der Waals surface area contributed by atoms with Crippen LogP contribution in [0.25, 0.3) is 0 Å². The number of rotatable bonds is 1. The molecule has 2 bridgehead atoms. The van der Waals surface area contributed by atoms with E-state index in [9.17, 15) is 19.8 Å². The predicted molar refractivity (Wildman–Crippen MR) is 136 cm³/mol. The monoisotopic (exact) mass is 532 g/mol. The van der Waals surface area contributed by atoms with E-state index in [1.54, 1.807) is 32.1 Å². The van der Waals surface area contributed by atoms with Gasteiger partial charge in [0.25, 0.3) is 0 Å². The third-order valence-electron chi connectivity index (χ3n) is 9.73. The topological polar surface area (TPSA) is 124 Å². The molecule has 9 nitrogen and oxygen atoms in total. The molecule has 1 saturated carbocycles. The van der Waals surface area contributed by atoms with E-state index in [1.807, 2.05) is 0 Å². The number of hydrogen-bond acceptors (Lipinski definition) is 9. The molecule has 210 valence electrons. The van der Waals surface area contributed by atoms with Crippen LogP contribution < -0.4 is 0 Å². The molecule has 5 aliphatic rings. The van der Waals surface area contributed by atoms with Gasteiger partial charge in [-0.15, -0.1) is 0 Å². The van der Waals surface area contributed by atoms with Crippen molar-refractivity contribution in [2.75, 3.05) is 19.8 Å². The van der Waals surface area contributed by atoms with Crippen LogP contribution in [0.15, 0.2) is 36.0 Å². The third kappa shape index (κ3) is 4.36. The van der Waals surface area contributed by atoms with Gasteiger partial charge in [-0.1, -0.05) is 43.7 Å². The lowest BCUT2D eigenvalue weighted by Gasteiger charge is -2.58. The van der Waals surface area contributed by atoms with Crippen LogP contribution in [0.5, 0.6) is 0 Å². The quantitative estimate of drug-likeness (QED) is 0.298. The van der Waals surface area contributed by atoms with Crippen molar-refractivity contribution in [3.05, 3.63) is 36.0 Å². The molecule has 3 fully saturated rings. The Bertz CT molecular complexity index is 1030. The third-order valence-corrected chi connectivity index (χ3v) is 9.73. The van der Waals surface area contributed by atoms with Crippen LogP contribution in [-0.4, -0.2) is 84.2 Å². The SMILES string of the molecule is CC1=C[C@H]2O[C@@H]3C[C@H]4OC(=O)C=C/C=C/C(C(C)O)OCC[C@@H](C)[C@H](O)C(=O)OC[C@@]2(CC1)[C@]4(C)[C@]31CO1. The van der Waals surface area contributed by atoms with Crippen LogP contribution in [0, 0.1) is 16.7 Å². The Kier molecular flexibility index (Phi) is 7.37. The molecular formula is C29H40O9. The maximum absolute atomic E-state index is 13.1. The summed E-state index contributed by atoms with van der Waals surface area (Å²) in [4.78, 5) is 26.0. The van der Waals surface area contributed by atoms with Gasteiger partial charge in [-0.3, -0.25) is 0 Å². The maximum atomic E-state index is 13.1. The van der Waals surface area contributed by atoms with E-state index in [1.165, 1.54) is 11.6 Å². The van der Waals surface area contributed by atoms with E-state index in [-0.39, 0.29) is 25.4 Å². The highest BCUT2D eigenvalue weighted by molar-refractivity contribution is 5.82. The molecule has 0 aromatic carbocycles. The molecule has 2 aliphatic carbocycles. The lowest BCUT2D eigenvalue weighted by atomic mass is 9.51. The van der Waals surface area contributed by atoms with Crippen LogP contribution in [-0.2, 0) is 33.3 Å². The van der Waals surface area contributed by atoms with Crippen molar-refractivity contribution in [3.8, 4) is 0 Å². The number of epoxide rings is 1. The minimum absolute atomic E-state index is 0.0195. The fourth-order valence-corrected chi connectivity index (χ4v) is 7.04. The molecule has 3 heterocycles. The summed E-state index contributed by atoms with van der Waals surface area (Å²) in [5, 5.41) is 20.8. The van der Waals surface area contributed by atoms with Gasteiger partial charge in [-0.25, -0.2) is 9.59 Å². The highest BCUT2D eigenvalue weighted by atomic mass is 16.6. The van der Waals surface area contributed by atoms with Crippen molar-refractivity contribution in [3.63, 3.8) is 0 Å². The highest BCUT2D eigenvalue weighted by Crippen LogP contribution is 2.72. The van der Waals surface area contributed by atoms with Gasteiger partial charge in [0.15, 0.2) is 6.10 Å². The Morgan fingerprint density at radius 1 is 1.16 bits per heavy atom. The van der Waals surface area contributed by atoms with Crippen molar-refractivity contribution in [1.82, 2.24) is 0 Å². The Morgan fingerprint density at radius 3 is 2.63 bits per heavy atom. The van der Waals surface area contributed by atoms with Gasteiger partial charge in [-0.05, 0) is 39.0 Å². The number of esters is 2. The van der Waals surface area contributed by atoms with Crippen LogP contribution in [0.2, 0.25) is 0 Å². The van der Waals surface area contributed by atoms with Gasteiger partial charge in [0.2, 0.25) is 0 Å². The van der Waals surface area contributed by atoms with Gasteiger partial charge in [0, 0.05) is 24.5 Å². The molecule has 0 amide bonds. The summed E-state index contributed by atoms with van der Waals surface area (Å²) in [6, 6.07) is 0. The van der Waals surface area contributed by atoms with E-state index in [0.29, 0.717) is 25.9 Å². The van der Waals surface area contributed by atoms with Gasteiger partial charge in [0.1, 0.15) is 24.4 Å². The summed E-state index contributed by atoms with van der Waals surface area (Å²) >= 11 is 0. The first kappa shape index (κ1) is 27.5. The molecule has 9 heteroatoms. The van der Waals surface area contributed by atoms with E-state index < -0.39 is 58.7 Å². The Balaban J connectivity index is 1.51. The standard InChI is InChI=1S/C29H40O9/c1-17-9-11-28-15-35-26(33)25(32)18(2)10-12-34-20(19(3)30)7-5-6-8-24(31)38-21-14-23(37-22(28)13-17)29(16-36-29)27(21,28)4/h5-8,13,18-23,25,30,32H,9-12,14-16H2,1-4H3/b7-5+,8-6?/t18-,19?,20?,21-,22-,23-,25+,27-,28-,29+/m1/s1. The zero-order chi connectivity index (χ0) is 27.3. The lowest BCUT2D eigenvalue weighted by molar-refractivity contribution is -0.234. The molecule has 2 N–H and O–H groups in total. The zero-order valence-corrected chi connectivity index (χ0v) is 22.6. The van der Waals surface area contributed by atoms with E-state index in [0.717, 1.165) is 6.42 Å². The lowest BCUT2D eigenvalue weighted by Crippen LogP contribution is -2.66. The van der Waals surface area contributed by atoms with E-state index >= 15 is 0 Å². The van der Waals surface area contributed by atoms with Crippen molar-refractivity contribution in [1.29, 1.82) is 0 Å². The zero-order valence-electron chi connectivity index (χ0n) is 22.6. The average molecular weight is 533 g/mol. The average Bonchev–Trinajstić information content (AvgIpc) is 3.65. The fourth-order valence-electron chi connectivity index (χ4n) is 7.04. The van der Waals surface area contributed by atoms with Crippen molar-refractivity contribution in [2.24, 2.45) is 16.7 Å². The number of hydrogen-bond donors (Lipinski definition) is 2. The van der Waals surface area contributed by atoms with Crippen LogP contribution in [0.3, 0.4) is 0 Å². The summed E-state index contributed by atoms with van der Waals surface area (Å²) < 4.78 is 30.4. The second-order valence-corrected chi connectivity index (χ2v) is 11.9. The van der Waals surface area contributed by atoms with Crippen LogP contribution >= 0.6 is 0 Å². The smallest absolute Gasteiger partial charge is 0.335 e. The van der Waals surface area contributed by atoms with Crippen LogP contribution in [0.4, 0.5) is 0 Å². The number of ether oxygens (including phenoxy) is 5. The van der Waals surface area contributed by atoms with Gasteiger partial charge in [-0.2, -0.15) is 0 Å². The second kappa shape index (κ2) is 10.2. The maximum Gasteiger partial charge on any atom is 0.335 e. The number of aliphatic hydroxyl groups excluding tert-OH is 2. The molecule has 3 aliphatic heterocycles. The number of cyclic esters (lactones) is 1. The van der Waals surface area contributed by atoms with E-state index in [4.69, 9.17) is 23.7 Å². The minimum atomic E-state index is -1.33. The van der Waals surface area contributed by atoms with Gasteiger partial charge in [0.05, 0.1) is 30.3 Å². The van der Waals surface area contributed by atoms with Crippen molar-refractivity contribution >= 4 is 11.9 Å². The number of carbonyl (C=O) groups excluding carboxylic acids is 2. The highest BCUT2D eigenvalue weighted by Gasteiger charge is 2.83. The van der Waals surface area contributed by atoms with Crippen molar-refractivity contribution in [2.45, 2.75) is 95.6 Å².